The standard InChI is InChI=1S/C20H20NP/c1-17(18-11-5-2-6-12-18)21-22(19-13-7-3-8-14-19)20-15-9-4-10-16-20/h2-17,21H,1H3. The van der Waals surface area contributed by atoms with Crippen LogP contribution in [0.2, 0.25) is 0 Å². The topological polar surface area (TPSA) is 12.0 Å². The van der Waals surface area contributed by atoms with E-state index in [1.165, 1.54) is 16.2 Å². The van der Waals surface area contributed by atoms with Gasteiger partial charge in [0.15, 0.2) is 0 Å². The molecule has 1 nitrogen and oxygen atoms in total. The lowest BCUT2D eigenvalue weighted by Gasteiger charge is -2.24. The molecule has 0 bridgehead atoms. The van der Waals surface area contributed by atoms with Gasteiger partial charge in [0.25, 0.3) is 0 Å². The number of rotatable bonds is 5. The van der Waals surface area contributed by atoms with Gasteiger partial charge in [-0.2, -0.15) is 0 Å². The van der Waals surface area contributed by atoms with Crippen LogP contribution in [0.15, 0.2) is 91.0 Å². The highest BCUT2D eigenvalue weighted by Crippen LogP contribution is 2.32. The van der Waals surface area contributed by atoms with E-state index in [4.69, 9.17) is 0 Å². The first-order valence-electron chi connectivity index (χ1n) is 7.56. The molecule has 1 N–H and O–H groups in total. The Bertz CT molecular complexity index is 643. The largest absolute Gasteiger partial charge is 0.282 e. The molecule has 0 amide bonds. The Morgan fingerprint density at radius 2 is 1.05 bits per heavy atom. The molecule has 22 heavy (non-hydrogen) atoms. The molecule has 2 heteroatoms. The Labute approximate surface area is 133 Å². The molecule has 1 atom stereocenters. The summed E-state index contributed by atoms with van der Waals surface area (Å²) in [6.45, 7) is 2.23. The summed E-state index contributed by atoms with van der Waals surface area (Å²) >= 11 is 0. The van der Waals surface area contributed by atoms with E-state index >= 15 is 0 Å². The van der Waals surface area contributed by atoms with Gasteiger partial charge in [0.1, 0.15) is 0 Å². The molecular formula is C20H20NP. The van der Waals surface area contributed by atoms with Crippen LogP contribution in [0, 0.1) is 0 Å². The maximum atomic E-state index is 3.83. The molecule has 0 radical (unpaired) electrons. The van der Waals surface area contributed by atoms with Crippen molar-refractivity contribution >= 4 is 18.7 Å². The van der Waals surface area contributed by atoms with Gasteiger partial charge in [0, 0.05) is 14.1 Å². The summed E-state index contributed by atoms with van der Waals surface area (Å²) in [5.41, 5.74) is 1.32. The molecule has 0 saturated heterocycles. The van der Waals surface area contributed by atoms with Crippen molar-refractivity contribution < 1.29 is 0 Å². The summed E-state index contributed by atoms with van der Waals surface area (Å²) < 4.78 is 0. The van der Waals surface area contributed by atoms with Gasteiger partial charge in [-0.25, -0.2) is 0 Å². The normalized spacial score (nSPS) is 12.3. The molecule has 3 aromatic rings. The Morgan fingerprint density at radius 1 is 0.636 bits per heavy atom. The van der Waals surface area contributed by atoms with Crippen LogP contribution < -0.4 is 15.7 Å². The lowest BCUT2D eigenvalue weighted by molar-refractivity contribution is 0.749. The summed E-state index contributed by atoms with van der Waals surface area (Å²) in [4.78, 5) is 0. The zero-order valence-corrected chi connectivity index (χ0v) is 13.6. The highest BCUT2D eigenvalue weighted by molar-refractivity contribution is 7.71. The van der Waals surface area contributed by atoms with Crippen molar-refractivity contribution in [3.05, 3.63) is 96.6 Å². The van der Waals surface area contributed by atoms with Gasteiger partial charge in [0.05, 0.1) is 0 Å². The van der Waals surface area contributed by atoms with Crippen LogP contribution in [0.3, 0.4) is 0 Å². The smallest absolute Gasteiger partial charge is 0.0333 e. The van der Waals surface area contributed by atoms with E-state index in [0.717, 1.165) is 0 Å². The van der Waals surface area contributed by atoms with Gasteiger partial charge in [-0.05, 0) is 23.1 Å². The minimum Gasteiger partial charge on any atom is -0.282 e. The fourth-order valence-corrected chi connectivity index (χ4v) is 4.54. The fraction of sp³-hybridized carbons (Fsp3) is 0.100. The average molecular weight is 305 g/mol. The lowest BCUT2D eigenvalue weighted by Crippen LogP contribution is -2.25. The average Bonchev–Trinajstić information content (AvgIpc) is 2.62. The van der Waals surface area contributed by atoms with Crippen molar-refractivity contribution in [1.82, 2.24) is 5.09 Å². The van der Waals surface area contributed by atoms with Crippen LogP contribution in [0.4, 0.5) is 0 Å². The van der Waals surface area contributed by atoms with Crippen LogP contribution >= 0.6 is 8.07 Å². The van der Waals surface area contributed by atoms with Crippen molar-refractivity contribution in [3.8, 4) is 0 Å². The van der Waals surface area contributed by atoms with E-state index in [1.54, 1.807) is 0 Å². The molecule has 3 aromatic carbocycles. The second-order valence-electron chi connectivity index (χ2n) is 5.27. The molecule has 0 aliphatic rings. The number of hydrogen-bond donors (Lipinski definition) is 1. The molecular weight excluding hydrogens is 285 g/mol. The van der Waals surface area contributed by atoms with Crippen LogP contribution in [0.25, 0.3) is 0 Å². The van der Waals surface area contributed by atoms with Crippen LogP contribution in [-0.2, 0) is 0 Å². The molecule has 0 fully saturated rings. The molecule has 0 spiro atoms. The molecule has 3 rings (SSSR count). The third-order valence-electron chi connectivity index (χ3n) is 3.65. The molecule has 1 unspecified atom stereocenters. The van der Waals surface area contributed by atoms with E-state index < -0.39 is 8.07 Å². The number of hydrogen-bond acceptors (Lipinski definition) is 1. The zero-order chi connectivity index (χ0) is 15.2. The highest BCUT2D eigenvalue weighted by Gasteiger charge is 2.16. The summed E-state index contributed by atoms with van der Waals surface area (Å²) in [5, 5.41) is 6.54. The summed E-state index contributed by atoms with van der Waals surface area (Å²) in [7, 11) is -0.564. The van der Waals surface area contributed by atoms with Crippen molar-refractivity contribution in [2.75, 3.05) is 0 Å². The van der Waals surface area contributed by atoms with Crippen LogP contribution in [-0.4, -0.2) is 0 Å². The van der Waals surface area contributed by atoms with E-state index in [2.05, 4.69) is 103 Å². The second kappa shape index (κ2) is 7.35. The van der Waals surface area contributed by atoms with Crippen LogP contribution in [0.5, 0.6) is 0 Å². The van der Waals surface area contributed by atoms with E-state index in [9.17, 15) is 0 Å². The highest BCUT2D eigenvalue weighted by atomic mass is 31.1. The van der Waals surface area contributed by atoms with Gasteiger partial charge >= 0.3 is 0 Å². The minimum atomic E-state index is -0.564. The number of nitrogens with one attached hydrogen (secondary N) is 1. The first-order valence-corrected chi connectivity index (χ1v) is 8.90. The maximum absolute atomic E-state index is 3.83. The summed E-state index contributed by atoms with van der Waals surface area (Å²) in [6, 6.07) is 32.4. The van der Waals surface area contributed by atoms with Crippen molar-refractivity contribution in [2.24, 2.45) is 0 Å². The predicted molar refractivity (Wildman–Crippen MR) is 97.1 cm³/mol. The second-order valence-corrected chi connectivity index (χ2v) is 7.23. The molecule has 0 aliphatic heterocycles. The lowest BCUT2D eigenvalue weighted by atomic mass is 10.1. The molecule has 0 heterocycles. The SMILES string of the molecule is CC(NP(c1ccccc1)c1ccccc1)c1ccccc1. The van der Waals surface area contributed by atoms with Crippen molar-refractivity contribution in [2.45, 2.75) is 13.0 Å². The van der Waals surface area contributed by atoms with Crippen molar-refractivity contribution in [1.29, 1.82) is 0 Å². The first-order chi connectivity index (χ1) is 10.8. The van der Waals surface area contributed by atoms with Gasteiger partial charge < -0.3 is 0 Å². The van der Waals surface area contributed by atoms with E-state index in [1.807, 2.05) is 0 Å². The molecule has 110 valence electrons. The van der Waals surface area contributed by atoms with E-state index in [0.29, 0.717) is 6.04 Å². The first kappa shape index (κ1) is 15.0. The summed E-state index contributed by atoms with van der Waals surface area (Å²) in [5.74, 6) is 0. The molecule has 0 saturated carbocycles. The molecule has 0 aromatic heterocycles. The fourth-order valence-electron chi connectivity index (χ4n) is 2.46. The Kier molecular flexibility index (Phi) is 5.00. The van der Waals surface area contributed by atoms with Gasteiger partial charge in [-0.15, -0.1) is 0 Å². The van der Waals surface area contributed by atoms with Gasteiger partial charge in [-0.1, -0.05) is 91.0 Å². The maximum Gasteiger partial charge on any atom is 0.0333 e. The monoisotopic (exact) mass is 305 g/mol. The Hall–Kier alpha value is -1.95. The zero-order valence-electron chi connectivity index (χ0n) is 12.7. The molecule has 0 aliphatic carbocycles. The van der Waals surface area contributed by atoms with Gasteiger partial charge in [-0.3, -0.25) is 5.09 Å². The van der Waals surface area contributed by atoms with E-state index in [-0.39, 0.29) is 0 Å². The number of benzene rings is 3. The van der Waals surface area contributed by atoms with Crippen LogP contribution in [0.1, 0.15) is 18.5 Å². The Balaban J connectivity index is 1.90. The third-order valence-corrected chi connectivity index (χ3v) is 5.93. The quantitative estimate of drug-likeness (QED) is 0.690. The summed E-state index contributed by atoms with van der Waals surface area (Å²) in [6.07, 6.45) is 0. The van der Waals surface area contributed by atoms with Crippen molar-refractivity contribution in [3.63, 3.8) is 0 Å². The minimum absolute atomic E-state index is 0.313. The predicted octanol–water partition coefficient (Wildman–Crippen LogP) is 4.39. The van der Waals surface area contributed by atoms with Gasteiger partial charge in [0.2, 0.25) is 0 Å². The Morgan fingerprint density at radius 3 is 1.50 bits per heavy atom. The third kappa shape index (κ3) is 3.62.